The van der Waals surface area contributed by atoms with Crippen LogP contribution < -0.4 is 15.8 Å². The van der Waals surface area contributed by atoms with Gasteiger partial charge in [0.1, 0.15) is 5.75 Å². The summed E-state index contributed by atoms with van der Waals surface area (Å²) in [6.45, 7) is 0.724. The lowest BCUT2D eigenvalue weighted by atomic mass is 10.1. The third-order valence-corrected chi connectivity index (χ3v) is 3.56. The van der Waals surface area contributed by atoms with Gasteiger partial charge in [-0.2, -0.15) is 0 Å². The largest absolute Gasteiger partial charge is 0.493 e. The average molecular weight is 282 g/mol. The van der Waals surface area contributed by atoms with Crippen LogP contribution in [0.25, 0.3) is 0 Å². The molecule has 1 amide bonds. The van der Waals surface area contributed by atoms with Gasteiger partial charge in [0.15, 0.2) is 0 Å². The number of nitrogen functional groups attached to an aromatic ring is 1. The lowest BCUT2D eigenvalue weighted by molar-refractivity contribution is -0.116. The summed E-state index contributed by atoms with van der Waals surface area (Å²) in [5, 5.41) is 2.93. The molecule has 0 saturated heterocycles. The zero-order valence-electron chi connectivity index (χ0n) is 11.8. The van der Waals surface area contributed by atoms with Crippen LogP contribution in [0, 0.1) is 0 Å². The maximum Gasteiger partial charge on any atom is 0.224 e. The summed E-state index contributed by atoms with van der Waals surface area (Å²) in [5.41, 5.74) is 9.52. The van der Waals surface area contributed by atoms with Crippen molar-refractivity contribution in [2.24, 2.45) is 0 Å². The molecule has 2 aromatic rings. The lowest BCUT2D eigenvalue weighted by Gasteiger charge is -2.07. The Morgan fingerprint density at radius 2 is 2.14 bits per heavy atom. The number of hydrogen-bond acceptors (Lipinski definition) is 3. The molecule has 0 radical (unpaired) electrons. The van der Waals surface area contributed by atoms with Gasteiger partial charge in [-0.15, -0.1) is 0 Å². The number of carbonyl (C=O) groups excluding carboxylic acids is 1. The Morgan fingerprint density at radius 3 is 3.00 bits per heavy atom. The van der Waals surface area contributed by atoms with Crippen molar-refractivity contribution in [1.82, 2.24) is 0 Å². The average Bonchev–Trinajstić information content (AvgIpc) is 2.93. The number of fused-ring (bicyclic) bond motifs is 1. The topological polar surface area (TPSA) is 64.4 Å². The Balaban J connectivity index is 1.57. The molecule has 0 unspecified atom stereocenters. The number of carbonyl (C=O) groups is 1. The van der Waals surface area contributed by atoms with Crippen molar-refractivity contribution in [3.63, 3.8) is 0 Å². The molecule has 0 aliphatic carbocycles. The van der Waals surface area contributed by atoms with Gasteiger partial charge in [0.2, 0.25) is 5.91 Å². The Labute approximate surface area is 123 Å². The first-order chi connectivity index (χ1) is 10.2. The molecule has 4 heteroatoms. The SMILES string of the molecule is Nc1cccc(CCC(=O)Nc2ccc3c(c2)CCO3)c1. The van der Waals surface area contributed by atoms with Gasteiger partial charge in [-0.25, -0.2) is 0 Å². The van der Waals surface area contributed by atoms with E-state index in [9.17, 15) is 4.79 Å². The molecule has 0 bridgehead atoms. The van der Waals surface area contributed by atoms with Crippen LogP contribution >= 0.6 is 0 Å². The number of hydrogen-bond donors (Lipinski definition) is 2. The Kier molecular flexibility index (Phi) is 3.77. The highest BCUT2D eigenvalue weighted by Crippen LogP contribution is 2.27. The maximum absolute atomic E-state index is 12.0. The second-order valence-electron chi connectivity index (χ2n) is 5.21. The quantitative estimate of drug-likeness (QED) is 0.847. The van der Waals surface area contributed by atoms with Gasteiger partial charge in [-0.3, -0.25) is 4.79 Å². The molecule has 0 saturated carbocycles. The molecule has 1 aliphatic rings. The van der Waals surface area contributed by atoms with Gasteiger partial charge in [-0.1, -0.05) is 12.1 Å². The number of ether oxygens (including phenoxy) is 1. The van der Waals surface area contributed by atoms with Crippen LogP contribution in [0.2, 0.25) is 0 Å². The molecule has 0 spiro atoms. The normalized spacial score (nSPS) is 12.6. The highest BCUT2D eigenvalue weighted by atomic mass is 16.5. The van der Waals surface area contributed by atoms with Crippen molar-refractivity contribution in [2.45, 2.75) is 19.3 Å². The van der Waals surface area contributed by atoms with E-state index < -0.39 is 0 Å². The summed E-state index contributed by atoms with van der Waals surface area (Å²) in [5.74, 6) is 0.934. The van der Waals surface area contributed by atoms with E-state index in [2.05, 4.69) is 5.32 Å². The number of aryl methyl sites for hydroxylation is 1. The van der Waals surface area contributed by atoms with Crippen molar-refractivity contribution in [2.75, 3.05) is 17.7 Å². The van der Waals surface area contributed by atoms with Crippen molar-refractivity contribution in [1.29, 1.82) is 0 Å². The van der Waals surface area contributed by atoms with Crippen LogP contribution in [0.3, 0.4) is 0 Å². The maximum atomic E-state index is 12.0. The molecule has 2 aromatic carbocycles. The Hall–Kier alpha value is -2.49. The molecule has 1 heterocycles. The van der Waals surface area contributed by atoms with E-state index in [1.807, 2.05) is 42.5 Å². The van der Waals surface area contributed by atoms with Crippen LogP contribution in [0.1, 0.15) is 17.5 Å². The van der Waals surface area contributed by atoms with Crippen LogP contribution in [-0.2, 0) is 17.6 Å². The van der Waals surface area contributed by atoms with E-state index in [-0.39, 0.29) is 5.91 Å². The fraction of sp³-hybridized carbons (Fsp3) is 0.235. The van der Waals surface area contributed by atoms with E-state index in [4.69, 9.17) is 10.5 Å². The monoisotopic (exact) mass is 282 g/mol. The standard InChI is InChI=1S/C17H18N2O2/c18-14-3-1-2-12(10-14)4-7-17(20)19-15-5-6-16-13(11-15)8-9-21-16/h1-3,5-6,10-11H,4,7-9,18H2,(H,19,20). The van der Waals surface area contributed by atoms with Gasteiger partial charge >= 0.3 is 0 Å². The third-order valence-electron chi connectivity index (χ3n) is 3.56. The highest BCUT2D eigenvalue weighted by molar-refractivity contribution is 5.91. The van der Waals surface area contributed by atoms with Gasteiger partial charge < -0.3 is 15.8 Å². The number of nitrogens with one attached hydrogen (secondary N) is 1. The number of amides is 1. The summed E-state index contributed by atoms with van der Waals surface area (Å²) in [6, 6.07) is 13.4. The molecule has 0 aromatic heterocycles. The lowest BCUT2D eigenvalue weighted by Crippen LogP contribution is -2.12. The second-order valence-corrected chi connectivity index (χ2v) is 5.21. The summed E-state index contributed by atoms with van der Waals surface area (Å²) < 4.78 is 5.45. The first-order valence-electron chi connectivity index (χ1n) is 7.11. The van der Waals surface area contributed by atoms with Gasteiger partial charge in [-0.05, 0) is 47.9 Å². The van der Waals surface area contributed by atoms with E-state index in [0.717, 1.165) is 41.3 Å². The fourth-order valence-corrected chi connectivity index (χ4v) is 2.49. The fourth-order valence-electron chi connectivity index (χ4n) is 2.49. The number of anilines is 2. The zero-order valence-corrected chi connectivity index (χ0v) is 11.8. The summed E-state index contributed by atoms with van der Waals surface area (Å²) in [7, 11) is 0. The minimum Gasteiger partial charge on any atom is -0.493 e. The molecular formula is C17H18N2O2. The van der Waals surface area contributed by atoms with Crippen LogP contribution in [-0.4, -0.2) is 12.5 Å². The summed E-state index contributed by atoms with van der Waals surface area (Å²) >= 11 is 0. The number of rotatable bonds is 4. The van der Waals surface area contributed by atoms with Gasteiger partial charge in [0.05, 0.1) is 6.61 Å². The van der Waals surface area contributed by atoms with E-state index >= 15 is 0 Å². The Morgan fingerprint density at radius 1 is 1.24 bits per heavy atom. The predicted octanol–water partition coefficient (Wildman–Crippen LogP) is 2.78. The van der Waals surface area contributed by atoms with Crippen LogP contribution in [0.15, 0.2) is 42.5 Å². The molecular weight excluding hydrogens is 264 g/mol. The van der Waals surface area contributed by atoms with Crippen molar-refractivity contribution in [3.8, 4) is 5.75 Å². The van der Waals surface area contributed by atoms with E-state index in [0.29, 0.717) is 12.8 Å². The molecule has 0 fully saturated rings. The number of benzene rings is 2. The molecule has 3 N–H and O–H groups in total. The predicted molar refractivity (Wildman–Crippen MR) is 83.4 cm³/mol. The molecule has 0 atom stereocenters. The van der Waals surface area contributed by atoms with Crippen molar-refractivity contribution in [3.05, 3.63) is 53.6 Å². The smallest absolute Gasteiger partial charge is 0.224 e. The van der Waals surface area contributed by atoms with Crippen molar-refractivity contribution >= 4 is 17.3 Å². The van der Waals surface area contributed by atoms with Crippen molar-refractivity contribution < 1.29 is 9.53 Å². The molecule has 4 nitrogen and oxygen atoms in total. The first kappa shape index (κ1) is 13.5. The van der Waals surface area contributed by atoms with Gasteiger partial charge in [0, 0.05) is 24.2 Å². The first-order valence-corrected chi connectivity index (χ1v) is 7.11. The second kappa shape index (κ2) is 5.87. The Bertz CT molecular complexity index is 668. The van der Waals surface area contributed by atoms with Crippen LogP contribution in [0.4, 0.5) is 11.4 Å². The number of nitrogens with two attached hydrogens (primary N) is 1. The molecule has 21 heavy (non-hydrogen) atoms. The van der Waals surface area contributed by atoms with Crippen LogP contribution in [0.5, 0.6) is 5.75 Å². The molecule has 1 aliphatic heterocycles. The van der Waals surface area contributed by atoms with Gasteiger partial charge in [0.25, 0.3) is 0 Å². The molecule has 108 valence electrons. The minimum atomic E-state index is 0.0105. The summed E-state index contributed by atoms with van der Waals surface area (Å²) in [6.07, 6.45) is 2.03. The zero-order chi connectivity index (χ0) is 14.7. The minimum absolute atomic E-state index is 0.0105. The van der Waals surface area contributed by atoms with E-state index in [1.165, 1.54) is 0 Å². The molecule has 3 rings (SSSR count). The summed E-state index contributed by atoms with van der Waals surface area (Å²) in [4.78, 5) is 12.0. The van der Waals surface area contributed by atoms with E-state index in [1.54, 1.807) is 0 Å². The highest BCUT2D eigenvalue weighted by Gasteiger charge is 2.12. The third kappa shape index (κ3) is 3.34.